The number of hydrogen-bond acceptors (Lipinski definition) is 4. The van der Waals surface area contributed by atoms with Crippen molar-refractivity contribution in [2.75, 3.05) is 16.4 Å². The van der Waals surface area contributed by atoms with Crippen molar-refractivity contribution in [2.45, 2.75) is 24.1 Å². The van der Waals surface area contributed by atoms with Crippen molar-refractivity contribution in [1.29, 1.82) is 0 Å². The molecule has 146 valence electrons. The number of sulfone groups is 1. The highest BCUT2D eigenvalue weighted by Crippen LogP contribution is 2.41. The van der Waals surface area contributed by atoms with E-state index in [9.17, 15) is 17.6 Å². The maximum absolute atomic E-state index is 13.8. The lowest BCUT2D eigenvalue weighted by molar-refractivity contribution is -0.117. The number of fused-ring (bicyclic) bond motifs is 1. The zero-order valence-electron chi connectivity index (χ0n) is 15.0. The van der Waals surface area contributed by atoms with E-state index in [1.165, 1.54) is 23.9 Å². The molecule has 2 aliphatic rings. The highest BCUT2D eigenvalue weighted by molar-refractivity contribution is 8.16. The van der Waals surface area contributed by atoms with Crippen LogP contribution >= 0.6 is 11.8 Å². The monoisotopic (exact) mass is 418 g/mol. The second-order valence-electron chi connectivity index (χ2n) is 6.92. The van der Waals surface area contributed by atoms with Crippen LogP contribution in [-0.2, 0) is 21.1 Å². The summed E-state index contributed by atoms with van der Waals surface area (Å²) in [5.74, 6) is -0.652. The van der Waals surface area contributed by atoms with E-state index in [0.29, 0.717) is 17.3 Å². The van der Waals surface area contributed by atoms with E-state index in [2.05, 4.69) is 4.99 Å². The number of rotatable bonds is 4. The maximum Gasteiger partial charge on any atom is 0.248 e. The Balaban J connectivity index is 1.58. The summed E-state index contributed by atoms with van der Waals surface area (Å²) < 4.78 is 37.9. The average molecular weight is 419 g/mol. The molecule has 2 aromatic carbocycles. The third-order valence-corrected chi connectivity index (χ3v) is 8.05. The molecule has 1 amide bonds. The number of amides is 1. The van der Waals surface area contributed by atoms with Crippen LogP contribution in [-0.4, -0.2) is 42.3 Å². The Kier molecular flexibility index (Phi) is 5.25. The van der Waals surface area contributed by atoms with Crippen LogP contribution in [0.1, 0.15) is 12.0 Å². The summed E-state index contributed by atoms with van der Waals surface area (Å²) >= 11 is 1.30. The van der Waals surface area contributed by atoms with Crippen LogP contribution in [0.4, 0.5) is 10.1 Å². The molecule has 0 bridgehead atoms. The number of amidine groups is 1. The summed E-state index contributed by atoms with van der Waals surface area (Å²) in [6.45, 7) is 0. The smallest absolute Gasteiger partial charge is 0.248 e. The van der Waals surface area contributed by atoms with E-state index < -0.39 is 15.7 Å². The van der Waals surface area contributed by atoms with Crippen LogP contribution in [0.3, 0.4) is 0 Å². The van der Waals surface area contributed by atoms with E-state index in [1.54, 1.807) is 17.0 Å². The quantitative estimate of drug-likeness (QED) is 0.764. The number of carbonyl (C=O) groups is 1. The molecule has 5 nitrogen and oxygen atoms in total. The third-order valence-electron chi connectivity index (χ3n) is 4.84. The van der Waals surface area contributed by atoms with Crippen molar-refractivity contribution in [3.63, 3.8) is 0 Å². The van der Waals surface area contributed by atoms with Crippen LogP contribution in [0.25, 0.3) is 0 Å². The summed E-state index contributed by atoms with van der Waals surface area (Å²) in [6.07, 6.45) is 0.848. The molecule has 0 aromatic heterocycles. The van der Waals surface area contributed by atoms with E-state index in [1.807, 2.05) is 30.3 Å². The molecule has 2 heterocycles. The first-order valence-corrected chi connectivity index (χ1v) is 11.7. The van der Waals surface area contributed by atoms with Crippen LogP contribution in [0.5, 0.6) is 0 Å². The fourth-order valence-corrected chi connectivity index (χ4v) is 7.48. The molecule has 2 fully saturated rings. The molecular weight excluding hydrogens is 399 g/mol. The summed E-state index contributed by atoms with van der Waals surface area (Å²) in [5, 5.41) is 0.252. The minimum absolute atomic E-state index is 0.0155. The fraction of sp³-hybridized carbons (Fsp3) is 0.300. The van der Waals surface area contributed by atoms with E-state index >= 15 is 0 Å². The first kappa shape index (κ1) is 19.1. The van der Waals surface area contributed by atoms with Crippen LogP contribution in [0.2, 0.25) is 0 Å². The fourth-order valence-electron chi connectivity index (χ4n) is 3.55. The zero-order chi connectivity index (χ0) is 19.7. The van der Waals surface area contributed by atoms with E-state index in [-0.39, 0.29) is 35.1 Å². The van der Waals surface area contributed by atoms with Crippen LogP contribution in [0.15, 0.2) is 59.6 Å². The Morgan fingerprint density at radius 2 is 1.93 bits per heavy atom. The molecule has 0 radical (unpaired) electrons. The van der Waals surface area contributed by atoms with Gasteiger partial charge in [0, 0.05) is 17.4 Å². The van der Waals surface area contributed by atoms with Gasteiger partial charge in [-0.2, -0.15) is 4.99 Å². The molecule has 2 atom stereocenters. The summed E-state index contributed by atoms with van der Waals surface area (Å²) in [6, 6.07) is 15.3. The van der Waals surface area contributed by atoms with Gasteiger partial charge in [0.15, 0.2) is 15.0 Å². The summed E-state index contributed by atoms with van der Waals surface area (Å²) in [5.41, 5.74) is 1.58. The molecule has 8 heteroatoms. The third kappa shape index (κ3) is 4.12. The normalized spacial score (nSPS) is 24.5. The van der Waals surface area contributed by atoms with Gasteiger partial charge in [-0.3, -0.25) is 4.79 Å². The number of aryl methyl sites for hydroxylation is 1. The van der Waals surface area contributed by atoms with Gasteiger partial charge in [-0.25, -0.2) is 12.8 Å². The molecule has 2 saturated heterocycles. The van der Waals surface area contributed by atoms with Crippen molar-refractivity contribution in [3.8, 4) is 0 Å². The second-order valence-corrected chi connectivity index (χ2v) is 10.3. The van der Waals surface area contributed by atoms with Crippen LogP contribution < -0.4 is 4.90 Å². The van der Waals surface area contributed by atoms with Gasteiger partial charge in [0.1, 0.15) is 5.82 Å². The minimum atomic E-state index is -3.15. The van der Waals surface area contributed by atoms with Crippen molar-refractivity contribution in [1.82, 2.24) is 0 Å². The highest BCUT2D eigenvalue weighted by Gasteiger charge is 2.49. The molecule has 0 spiro atoms. The van der Waals surface area contributed by atoms with Gasteiger partial charge in [-0.05, 0) is 30.2 Å². The van der Waals surface area contributed by atoms with E-state index in [0.717, 1.165) is 5.56 Å². The lowest BCUT2D eigenvalue weighted by Crippen LogP contribution is -2.37. The lowest BCUT2D eigenvalue weighted by atomic mass is 10.1. The van der Waals surface area contributed by atoms with Crippen molar-refractivity contribution in [3.05, 3.63) is 66.0 Å². The molecular formula is C20H19FN2O3S2. The van der Waals surface area contributed by atoms with Gasteiger partial charge in [-0.1, -0.05) is 48.2 Å². The predicted octanol–water partition coefficient (Wildman–Crippen LogP) is 3.06. The van der Waals surface area contributed by atoms with E-state index in [4.69, 9.17) is 0 Å². The standard InChI is InChI=1S/C20H19FN2O3S2/c21-15-7-4-8-16(11-15)23-17-12-28(25,26)13-18(17)27-20(23)22-19(24)10-9-14-5-2-1-3-6-14/h1-8,11,17-18H,9-10,12-13H2/t17-,18+/m0/s1. The second kappa shape index (κ2) is 7.67. The number of anilines is 1. The van der Waals surface area contributed by atoms with Gasteiger partial charge < -0.3 is 4.90 Å². The molecule has 0 saturated carbocycles. The zero-order valence-corrected chi connectivity index (χ0v) is 16.6. The first-order valence-electron chi connectivity index (χ1n) is 8.99. The first-order chi connectivity index (χ1) is 13.4. The Morgan fingerprint density at radius 1 is 1.14 bits per heavy atom. The largest absolute Gasteiger partial charge is 0.315 e. The molecule has 0 aliphatic carbocycles. The number of halogens is 1. The number of thioether (sulfide) groups is 1. The number of hydrogen-bond donors (Lipinski definition) is 0. The SMILES string of the molecule is O=C(CCc1ccccc1)N=C1S[C@@H]2CS(=O)(=O)C[C@@H]2N1c1cccc(F)c1. The molecule has 0 unspecified atom stereocenters. The van der Waals surface area contributed by atoms with Gasteiger partial charge in [0.2, 0.25) is 5.91 Å². The Bertz CT molecular complexity index is 1020. The van der Waals surface area contributed by atoms with Gasteiger partial charge in [0.05, 0.1) is 17.5 Å². The summed E-state index contributed by atoms with van der Waals surface area (Å²) in [7, 11) is -3.15. The van der Waals surface area contributed by atoms with Gasteiger partial charge >= 0.3 is 0 Å². The lowest BCUT2D eigenvalue weighted by Gasteiger charge is -2.24. The maximum atomic E-state index is 13.8. The van der Waals surface area contributed by atoms with Crippen molar-refractivity contribution < 1.29 is 17.6 Å². The Morgan fingerprint density at radius 3 is 2.68 bits per heavy atom. The van der Waals surface area contributed by atoms with Gasteiger partial charge in [-0.15, -0.1) is 0 Å². The minimum Gasteiger partial charge on any atom is -0.315 e. The molecule has 2 aromatic rings. The molecule has 0 N–H and O–H groups in total. The Hall–Kier alpha value is -2.19. The van der Waals surface area contributed by atoms with Crippen LogP contribution in [0, 0.1) is 5.82 Å². The molecule has 4 rings (SSSR count). The van der Waals surface area contributed by atoms with Gasteiger partial charge in [0.25, 0.3) is 0 Å². The number of benzene rings is 2. The molecule has 28 heavy (non-hydrogen) atoms. The van der Waals surface area contributed by atoms with Crippen molar-refractivity contribution >= 4 is 38.4 Å². The average Bonchev–Trinajstić information content (AvgIpc) is 3.11. The Labute approximate surface area is 167 Å². The summed E-state index contributed by atoms with van der Waals surface area (Å²) in [4.78, 5) is 18.4. The topological polar surface area (TPSA) is 66.8 Å². The number of nitrogens with zero attached hydrogens (tertiary/aromatic N) is 2. The number of carbonyl (C=O) groups excluding carboxylic acids is 1. The molecule has 2 aliphatic heterocycles. The predicted molar refractivity (Wildman–Crippen MR) is 110 cm³/mol. The highest BCUT2D eigenvalue weighted by atomic mass is 32.2. The van der Waals surface area contributed by atoms with Crippen molar-refractivity contribution in [2.24, 2.45) is 4.99 Å². The number of aliphatic imine (C=N–C) groups is 1.